The molecule has 140 valence electrons. The Kier molecular flexibility index (Phi) is 4.09. The van der Waals surface area contributed by atoms with Crippen LogP contribution in [0.25, 0.3) is 0 Å². The van der Waals surface area contributed by atoms with E-state index in [0.717, 1.165) is 10.9 Å². The Bertz CT molecular complexity index is 937. The van der Waals surface area contributed by atoms with Gasteiger partial charge < -0.3 is 15.1 Å². The molecule has 1 aliphatic rings. The molecule has 0 saturated heterocycles. The first-order valence-corrected chi connectivity index (χ1v) is 8.10. The second kappa shape index (κ2) is 6.45. The van der Waals surface area contributed by atoms with Gasteiger partial charge in [0, 0.05) is 12.6 Å². The number of nitrogens with zero attached hydrogens (tertiary/aromatic N) is 3. The molecule has 10 heteroatoms. The Morgan fingerprint density at radius 3 is 2.81 bits per heavy atom. The van der Waals surface area contributed by atoms with E-state index in [1.54, 1.807) is 30.3 Å². The number of hydrogen-bond acceptors (Lipinski definition) is 5. The highest BCUT2D eigenvalue weighted by molar-refractivity contribution is 6.07. The second-order valence-electron chi connectivity index (χ2n) is 6.03. The van der Waals surface area contributed by atoms with Crippen LogP contribution in [0.1, 0.15) is 34.6 Å². The van der Waals surface area contributed by atoms with E-state index in [0.29, 0.717) is 5.76 Å². The van der Waals surface area contributed by atoms with Crippen LogP contribution in [0, 0.1) is 0 Å². The second-order valence-corrected chi connectivity index (χ2v) is 6.03. The minimum absolute atomic E-state index is 0.00819. The quantitative estimate of drug-likeness (QED) is 0.726. The Labute approximate surface area is 151 Å². The van der Waals surface area contributed by atoms with Gasteiger partial charge in [-0.15, -0.1) is 0 Å². The molecule has 27 heavy (non-hydrogen) atoms. The Hall–Kier alpha value is -3.30. The van der Waals surface area contributed by atoms with E-state index in [1.165, 1.54) is 12.5 Å². The van der Waals surface area contributed by atoms with E-state index < -0.39 is 24.2 Å². The summed E-state index contributed by atoms with van der Waals surface area (Å²) in [5.74, 6) is 0.0166. The average Bonchev–Trinajstić information content (AvgIpc) is 3.30. The topological polar surface area (TPSA) is 85.0 Å². The standard InChI is InChI=1S/C17H14F3N5O2/c18-17(19,20)13-8-11(12-4-3-7-27-12)23-15-10(9-22-25(13)15)16(26)24-14-5-1-2-6-21-14/h1-7,9,11,13,23H,8H2,(H,21,24,26). The van der Waals surface area contributed by atoms with Crippen molar-refractivity contribution in [2.75, 3.05) is 10.6 Å². The predicted octanol–water partition coefficient (Wildman–Crippen LogP) is 3.78. The maximum atomic E-state index is 13.6. The highest BCUT2D eigenvalue weighted by Crippen LogP contribution is 2.44. The fourth-order valence-corrected chi connectivity index (χ4v) is 3.03. The Morgan fingerprint density at radius 1 is 1.30 bits per heavy atom. The first-order valence-electron chi connectivity index (χ1n) is 8.10. The molecule has 1 amide bonds. The van der Waals surface area contributed by atoms with Crippen LogP contribution in [-0.2, 0) is 0 Å². The molecule has 3 aromatic heterocycles. The molecule has 0 fully saturated rings. The molecule has 4 heterocycles. The number of anilines is 2. The summed E-state index contributed by atoms with van der Waals surface area (Å²) in [6.45, 7) is 0. The zero-order valence-corrected chi connectivity index (χ0v) is 13.8. The maximum Gasteiger partial charge on any atom is 0.410 e. The zero-order chi connectivity index (χ0) is 19.0. The molecule has 0 radical (unpaired) electrons. The fourth-order valence-electron chi connectivity index (χ4n) is 3.03. The highest BCUT2D eigenvalue weighted by Gasteiger charge is 2.47. The normalized spacial score (nSPS) is 19.2. The predicted molar refractivity (Wildman–Crippen MR) is 89.2 cm³/mol. The number of pyridine rings is 1. The molecule has 0 saturated carbocycles. The number of amides is 1. The van der Waals surface area contributed by atoms with Crippen molar-refractivity contribution < 1.29 is 22.4 Å². The molecule has 0 aromatic carbocycles. The molecule has 1 aliphatic heterocycles. The van der Waals surface area contributed by atoms with Crippen LogP contribution in [0.15, 0.2) is 53.4 Å². The summed E-state index contributed by atoms with van der Waals surface area (Å²) >= 11 is 0. The molecule has 2 unspecified atom stereocenters. The number of carbonyl (C=O) groups is 1. The molecule has 3 aromatic rings. The van der Waals surface area contributed by atoms with Crippen LogP contribution < -0.4 is 10.6 Å². The third kappa shape index (κ3) is 3.25. The van der Waals surface area contributed by atoms with Gasteiger partial charge in [-0.1, -0.05) is 6.07 Å². The number of aromatic nitrogens is 3. The highest BCUT2D eigenvalue weighted by atomic mass is 19.4. The van der Waals surface area contributed by atoms with Crippen LogP contribution in [0.4, 0.5) is 24.8 Å². The smallest absolute Gasteiger partial charge is 0.410 e. The first-order chi connectivity index (χ1) is 12.9. The lowest BCUT2D eigenvalue weighted by molar-refractivity contribution is -0.174. The van der Waals surface area contributed by atoms with Crippen LogP contribution >= 0.6 is 0 Å². The van der Waals surface area contributed by atoms with E-state index in [2.05, 4.69) is 20.7 Å². The molecule has 2 N–H and O–H groups in total. The summed E-state index contributed by atoms with van der Waals surface area (Å²) in [6.07, 6.45) is -0.826. The molecule has 2 atom stereocenters. The average molecular weight is 377 g/mol. The van der Waals surface area contributed by atoms with Crippen LogP contribution in [0.3, 0.4) is 0 Å². The number of carbonyl (C=O) groups excluding carboxylic acids is 1. The monoisotopic (exact) mass is 377 g/mol. The fraction of sp³-hybridized carbons (Fsp3) is 0.235. The molecule has 0 bridgehead atoms. The summed E-state index contributed by atoms with van der Waals surface area (Å²) in [4.78, 5) is 16.5. The van der Waals surface area contributed by atoms with Gasteiger partial charge in [-0.3, -0.25) is 4.79 Å². The molecule has 0 aliphatic carbocycles. The lowest BCUT2D eigenvalue weighted by Crippen LogP contribution is -2.36. The van der Waals surface area contributed by atoms with Crippen molar-refractivity contribution >= 4 is 17.5 Å². The van der Waals surface area contributed by atoms with Crippen LogP contribution in [-0.4, -0.2) is 26.8 Å². The summed E-state index contributed by atoms with van der Waals surface area (Å²) in [7, 11) is 0. The van der Waals surface area contributed by atoms with Crippen molar-refractivity contribution in [3.05, 3.63) is 60.3 Å². The van der Waals surface area contributed by atoms with Crippen molar-refractivity contribution in [1.82, 2.24) is 14.8 Å². The third-order valence-electron chi connectivity index (χ3n) is 4.28. The lowest BCUT2D eigenvalue weighted by Gasteiger charge is -2.32. The van der Waals surface area contributed by atoms with Crippen molar-refractivity contribution in [3.8, 4) is 0 Å². The van der Waals surface area contributed by atoms with Crippen molar-refractivity contribution in [2.24, 2.45) is 0 Å². The third-order valence-corrected chi connectivity index (χ3v) is 4.28. The summed E-state index contributed by atoms with van der Waals surface area (Å²) < 4.78 is 46.7. The summed E-state index contributed by atoms with van der Waals surface area (Å²) in [6, 6.07) is 5.51. The Morgan fingerprint density at radius 2 is 2.15 bits per heavy atom. The van der Waals surface area contributed by atoms with Gasteiger partial charge >= 0.3 is 6.18 Å². The SMILES string of the molecule is O=C(Nc1ccccn1)c1cnn2c1NC(c1ccco1)CC2C(F)(F)F. The van der Waals surface area contributed by atoms with Gasteiger partial charge in [-0.25, -0.2) is 9.67 Å². The molecule has 7 nitrogen and oxygen atoms in total. The van der Waals surface area contributed by atoms with Gasteiger partial charge in [0.05, 0.1) is 18.5 Å². The number of halogens is 3. The van der Waals surface area contributed by atoms with Gasteiger partial charge in [-0.2, -0.15) is 18.3 Å². The van der Waals surface area contributed by atoms with Crippen LogP contribution in [0.2, 0.25) is 0 Å². The van der Waals surface area contributed by atoms with Gasteiger partial charge in [0.15, 0.2) is 6.04 Å². The minimum atomic E-state index is -4.53. The van der Waals surface area contributed by atoms with E-state index in [1.807, 2.05) is 0 Å². The van der Waals surface area contributed by atoms with Crippen LogP contribution in [0.5, 0.6) is 0 Å². The minimum Gasteiger partial charge on any atom is -0.467 e. The van der Waals surface area contributed by atoms with Crippen molar-refractivity contribution in [3.63, 3.8) is 0 Å². The summed E-state index contributed by atoms with van der Waals surface area (Å²) in [5, 5.41) is 9.30. The first kappa shape index (κ1) is 17.1. The van der Waals surface area contributed by atoms with Gasteiger partial charge in [0.2, 0.25) is 0 Å². The van der Waals surface area contributed by atoms with Gasteiger partial charge in [0.1, 0.15) is 23.0 Å². The van der Waals surface area contributed by atoms with E-state index in [4.69, 9.17) is 4.42 Å². The molecule has 4 rings (SSSR count). The lowest BCUT2D eigenvalue weighted by atomic mass is 10.0. The molecular formula is C17H14F3N5O2. The Balaban J connectivity index is 1.69. The van der Waals surface area contributed by atoms with Crippen molar-refractivity contribution in [1.29, 1.82) is 0 Å². The zero-order valence-electron chi connectivity index (χ0n) is 13.8. The van der Waals surface area contributed by atoms with Crippen molar-refractivity contribution in [2.45, 2.75) is 24.7 Å². The van der Waals surface area contributed by atoms with E-state index in [-0.39, 0.29) is 23.6 Å². The number of fused-ring (bicyclic) bond motifs is 1. The van der Waals surface area contributed by atoms with E-state index >= 15 is 0 Å². The molecule has 0 spiro atoms. The number of alkyl halides is 3. The molecular weight excluding hydrogens is 363 g/mol. The summed E-state index contributed by atoms with van der Waals surface area (Å²) in [5.41, 5.74) is -0.00819. The van der Waals surface area contributed by atoms with Gasteiger partial charge in [0.25, 0.3) is 5.91 Å². The number of hydrogen-bond donors (Lipinski definition) is 2. The number of rotatable bonds is 3. The van der Waals surface area contributed by atoms with Gasteiger partial charge in [-0.05, 0) is 24.3 Å². The number of furan rings is 1. The largest absolute Gasteiger partial charge is 0.467 e. The number of nitrogens with one attached hydrogen (secondary N) is 2. The van der Waals surface area contributed by atoms with E-state index in [9.17, 15) is 18.0 Å². The maximum absolute atomic E-state index is 13.6.